The molecule has 0 aromatic rings. The Morgan fingerprint density at radius 2 is 2.45 bits per heavy atom. The topological polar surface area (TPSA) is 54.0 Å². The molecular formula is C5H10O5P+. The predicted octanol–water partition coefficient (Wildman–Crippen LogP) is 0.966. The smallest absolute Gasteiger partial charge is 0.382 e. The maximum Gasteiger partial charge on any atom is 0.518 e. The predicted molar refractivity (Wildman–Crippen MR) is 36.8 cm³/mol. The van der Waals surface area contributed by atoms with E-state index in [1.54, 1.807) is 0 Å². The van der Waals surface area contributed by atoms with E-state index in [-0.39, 0.29) is 13.2 Å². The lowest BCUT2D eigenvalue weighted by molar-refractivity contribution is 0.120. The Bertz CT molecular complexity index is 149. The highest BCUT2D eigenvalue weighted by Gasteiger charge is 2.39. The molecule has 0 spiro atoms. The van der Waals surface area contributed by atoms with Crippen LogP contribution in [0, 0.1) is 6.61 Å². The Morgan fingerprint density at radius 1 is 1.64 bits per heavy atom. The van der Waals surface area contributed by atoms with Crippen LogP contribution in [0.1, 0.15) is 0 Å². The molecule has 1 aliphatic heterocycles. The number of hydrogen-bond acceptors (Lipinski definition) is 5. The van der Waals surface area contributed by atoms with Gasteiger partial charge in [0.2, 0.25) is 6.61 Å². The van der Waals surface area contributed by atoms with Crippen molar-refractivity contribution in [2.24, 2.45) is 0 Å². The monoisotopic (exact) mass is 181 g/mol. The normalized spacial score (nSPS) is 30.3. The number of rotatable bonds is 4. The highest BCUT2D eigenvalue weighted by Crippen LogP contribution is 2.53. The lowest BCUT2D eigenvalue weighted by atomic mass is 10.8. The van der Waals surface area contributed by atoms with Crippen LogP contribution in [0.25, 0.3) is 0 Å². The molecule has 1 aliphatic rings. The fourth-order valence-electron chi connectivity index (χ4n) is 0.574. The minimum Gasteiger partial charge on any atom is -0.382 e. The Morgan fingerprint density at radius 3 is 3.00 bits per heavy atom. The van der Waals surface area contributed by atoms with Crippen molar-refractivity contribution in [3.63, 3.8) is 0 Å². The van der Waals surface area contributed by atoms with Crippen LogP contribution >= 0.6 is 7.82 Å². The van der Waals surface area contributed by atoms with E-state index in [0.717, 1.165) is 0 Å². The molecule has 1 rings (SSSR count). The van der Waals surface area contributed by atoms with E-state index < -0.39 is 7.82 Å². The van der Waals surface area contributed by atoms with Crippen molar-refractivity contribution in [3.8, 4) is 0 Å². The zero-order valence-corrected chi connectivity index (χ0v) is 7.08. The second-order valence-electron chi connectivity index (χ2n) is 1.84. The largest absolute Gasteiger partial charge is 0.518 e. The molecule has 1 saturated heterocycles. The summed E-state index contributed by atoms with van der Waals surface area (Å²) in [5.74, 6) is 0. The highest BCUT2D eigenvalue weighted by atomic mass is 31.2. The van der Waals surface area contributed by atoms with Gasteiger partial charge in [-0.25, -0.2) is 9.09 Å². The lowest BCUT2D eigenvalue weighted by Gasteiger charge is -2.04. The molecule has 0 amide bonds. The third-order valence-corrected chi connectivity index (χ3v) is 2.41. The zero-order chi connectivity index (χ0) is 8.16. The van der Waals surface area contributed by atoms with E-state index in [2.05, 4.69) is 13.8 Å². The molecule has 0 saturated carbocycles. The summed E-state index contributed by atoms with van der Waals surface area (Å²) < 4.78 is 29.9. The molecule has 5 nitrogen and oxygen atoms in total. The van der Waals surface area contributed by atoms with Gasteiger partial charge in [-0.1, -0.05) is 4.52 Å². The molecule has 0 aliphatic carbocycles. The molecular weight excluding hydrogens is 171 g/mol. The van der Waals surface area contributed by atoms with Gasteiger partial charge in [-0.05, 0) is 0 Å². The fourth-order valence-corrected chi connectivity index (χ4v) is 1.56. The van der Waals surface area contributed by atoms with Gasteiger partial charge in [0.1, 0.15) is 0 Å². The Balaban J connectivity index is 2.18. The van der Waals surface area contributed by atoms with Gasteiger partial charge in [0.15, 0.2) is 0 Å². The van der Waals surface area contributed by atoms with Crippen LogP contribution in [0.15, 0.2) is 0 Å². The van der Waals surface area contributed by atoms with Crippen LogP contribution in [0.5, 0.6) is 0 Å². The van der Waals surface area contributed by atoms with Crippen molar-refractivity contribution in [1.82, 2.24) is 0 Å². The second-order valence-corrected chi connectivity index (χ2v) is 3.46. The molecule has 0 bridgehead atoms. The lowest BCUT2D eigenvalue weighted by Crippen LogP contribution is -2.00. The molecule has 0 aromatic carbocycles. The van der Waals surface area contributed by atoms with Gasteiger partial charge in [0.05, 0.1) is 13.2 Å². The molecule has 1 fully saturated rings. The second kappa shape index (κ2) is 4.09. The van der Waals surface area contributed by atoms with Crippen molar-refractivity contribution in [2.45, 2.75) is 0 Å². The van der Waals surface area contributed by atoms with Gasteiger partial charge in [0, 0.05) is 7.11 Å². The zero-order valence-electron chi connectivity index (χ0n) is 6.19. The van der Waals surface area contributed by atoms with E-state index >= 15 is 0 Å². The summed E-state index contributed by atoms with van der Waals surface area (Å²) in [6.45, 7) is 2.11. The van der Waals surface area contributed by atoms with Gasteiger partial charge in [-0.2, -0.15) is 0 Å². The van der Waals surface area contributed by atoms with E-state index in [0.29, 0.717) is 6.61 Å². The van der Waals surface area contributed by atoms with Crippen molar-refractivity contribution in [1.29, 1.82) is 0 Å². The summed E-state index contributed by atoms with van der Waals surface area (Å²) in [4.78, 5) is 0. The summed E-state index contributed by atoms with van der Waals surface area (Å²) in [7, 11) is -1.71. The van der Waals surface area contributed by atoms with Crippen LogP contribution < -0.4 is 0 Å². The average Bonchev–Trinajstić information content (AvgIpc) is 2.38. The molecule has 1 heterocycles. The number of phosphoric acid groups is 1. The maximum atomic E-state index is 11.1. The van der Waals surface area contributed by atoms with E-state index in [1.165, 1.54) is 13.7 Å². The summed E-state index contributed by atoms with van der Waals surface area (Å²) in [6.07, 6.45) is 0. The van der Waals surface area contributed by atoms with E-state index in [4.69, 9.17) is 4.52 Å². The van der Waals surface area contributed by atoms with E-state index in [9.17, 15) is 4.57 Å². The van der Waals surface area contributed by atoms with Gasteiger partial charge in [-0.15, -0.1) is 0 Å². The van der Waals surface area contributed by atoms with Gasteiger partial charge in [0.25, 0.3) is 6.61 Å². The van der Waals surface area contributed by atoms with Crippen LogP contribution in [0.4, 0.5) is 0 Å². The summed E-state index contributed by atoms with van der Waals surface area (Å²) in [5.41, 5.74) is 0. The standard InChI is InChI=1S/C5H10O5P/c1-7-2-3-8-11(6)9-4-5-10-11/h4H,2-3,5H2,1H3/q+1. The number of hydrogen-bond donors (Lipinski definition) is 0. The minimum atomic E-state index is -3.24. The SMILES string of the molecule is COCCOP1(=O)O[CH+]CO1. The van der Waals surface area contributed by atoms with Crippen molar-refractivity contribution >= 4 is 7.82 Å². The highest BCUT2D eigenvalue weighted by molar-refractivity contribution is 7.48. The minimum absolute atomic E-state index is 0.210. The molecule has 0 aromatic heterocycles. The third-order valence-electron chi connectivity index (χ3n) is 1.04. The van der Waals surface area contributed by atoms with Crippen LogP contribution in [0.2, 0.25) is 0 Å². The van der Waals surface area contributed by atoms with Crippen molar-refractivity contribution < 1.29 is 22.9 Å². The fraction of sp³-hybridized carbons (Fsp3) is 0.800. The van der Waals surface area contributed by atoms with Crippen LogP contribution in [0.3, 0.4) is 0 Å². The first-order valence-electron chi connectivity index (χ1n) is 3.15. The summed E-state index contributed by atoms with van der Waals surface area (Å²) in [5, 5.41) is 0. The summed E-state index contributed by atoms with van der Waals surface area (Å²) >= 11 is 0. The van der Waals surface area contributed by atoms with Gasteiger partial charge in [-0.3, -0.25) is 4.52 Å². The number of phosphoric ester groups is 1. The molecule has 64 valence electrons. The molecule has 1 unspecified atom stereocenters. The molecule has 0 radical (unpaired) electrons. The van der Waals surface area contributed by atoms with Crippen LogP contribution in [-0.2, 0) is 22.9 Å². The van der Waals surface area contributed by atoms with Crippen molar-refractivity contribution in [3.05, 3.63) is 6.61 Å². The maximum absolute atomic E-state index is 11.1. The third kappa shape index (κ3) is 2.81. The van der Waals surface area contributed by atoms with Gasteiger partial charge < -0.3 is 4.74 Å². The average molecular weight is 181 g/mol. The quantitative estimate of drug-likeness (QED) is 0.367. The Kier molecular flexibility index (Phi) is 3.36. The first-order valence-corrected chi connectivity index (χ1v) is 4.61. The van der Waals surface area contributed by atoms with E-state index in [1.807, 2.05) is 0 Å². The van der Waals surface area contributed by atoms with Gasteiger partial charge >= 0.3 is 7.82 Å². The first-order chi connectivity index (χ1) is 5.27. The molecule has 11 heavy (non-hydrogen) atoms. The first kappa shape index (κ1) is 9.03. The summed E-state index contributed by atoms with van der Waals surface area (Å²) in [6, 6.07) is 0. The molecule has 0 N–H and O–H groups in total. The Labute approximate surface area is 65.2 Å². The molecule has 1 atom stereocenters. The van der Waals surface area contributed by atoms with Crippen molar-refractivity contribution in [2.75, 3.05) is 26.9 Å². The Hall–Kier alpha value is -0.0600. The van der Waals surface area contributed by atoms with Crippen LogP contribution in [-0.4, -0.2) is 26.9 Å². The molecule has 6 heteroatoms. The number of ether oxygens (including phenoxy) is 1. The number of methoxy groups -OCH3 is 1.